The molecule has 136 valence electrons. The number of hydrogen-bond donors (Lipinski definition) is 3. The number of benzene rings is 2. The molecule has 3 N–H and O–H groups in total. The van der Waals surface area contributed by atoms with Crippen LogP contribution in [0.4, 0.5) is 0 Å². The first kappa shape index (κ1) is 19.7. The minimum absolute atomic E-state index is 0.0204. The van der Waals surface area contributed by atoms with Crippen LogP contribution in [0.25, 0.3) is 0 Å². The monoisotopic (exact) mass is 391 g/mol. The van der Waals surface area contributed by atoms with Gasteiger partial charge in [0.2, 0.25) is 11.8 Å². The number of carbonyl (C=O) groups is 2. The summed E-state index contributed by atoms with van der Waals surface area (Å²) in [5.41, 5.74) is 6.57. The van der Waals surface area contributed by atoms with Gasteiger partial charge in [-0.15, -0.1) is 0 Å². The van der Waals surface area contributed by atoms with E-state index in [2.05, 4.69) is 16.2 Å². The number of carbonyl (C=O) groups excluding carboxylic acids is 2. The summed E-state index contributed by atoms with van der Waals surface area (Å²) < 4.78 is 5.06. The Kier molecular flexibility index (Phi) is 7.37. The molecule has 0 atom stereocenters. The highest BCUT2D eigenvalue weighted by atomic mass is 35.5. The number of hydrazine groups is 1. The Bertz CT molecular complexity index is 779. The first-order valence-electron chi connectivity index (χ1n) is 7.72. The van der Waals surface area contributed by atoms with Crippen molar-refractivity contribution in [1.29, 1.82) is 0 Å². The molecule has 0 bridgehead atoms. The number of hydrogen-bond acceptors (Lipinski definition) is 4. The van der Waals surface area contributed by atoms with E-state index in [1.807, 2.05) is 0 Å². The molecule has 0 heterocycles. The van der Waals surface area contributed by atoms with E-state index < -0.39 is 0 Å². The van der Waals surface area contributed by atoms with Gasteiger partial charge in [-0.2, -0.15) is 0 Å². The van der Waals surface area contributed by atoms with Crippen LogP contribution in [-0.2, 0) is 22.4 Å². The van der Waals surface area contributed by atoms with E-state index >= 15 is 0 Å². The summed E-state index contributed by atoms with van der Waals surface area (Å²) in [5, 5.41) is 3.12. The van der Waals surface area contributed by atoms with E-state index in [9.17, 15) is 9.59 Å². The van der Waals surface area contributed by atoms with Gasteiger partial charge in [-0.3, -0.25) is 20.4 Å². The molecule has 0 saturated carbocycles. The molecule has 2 aromatic carbocycles. The van der Waals surface area contributed by atoms with Crippen molar-refractivity contribution >= 4 is 40.7 Å². The zero-order valence-electron chi connectivity index (χ0n) is 14.0. The molecule has 2 amide bonds. The largest absolute Gasteiger partial charge is 0.497 e. The summed E-state index contributed by atoms with van der Waals surface area (Å²) in [6, 6.07) is 14.1. The Hall–Kier alpha value is -2.64. The summed E-state index contributed by atoms with van der Waals surface area (Å²) in [6.07, 6.45) is 0.317. The molecular weight excluding hydrogens is 374 g/mol. The lowest BCUT2D eigenvalue weighted by Crippen LogP contribution is -2.49. The molecule has 0 aliphatic rings. The van der Waals surface area contributed by atoms with E-state index in [0.29, 0.717) is 5.02 Å². The van der Waals surface area contributed by atoms with Crippen LogP contribution in [-0.4, -0.2) is 24.0 Å². The number of ether oxygens (including phenoxy) is 1. The van der Waals surface area contributed by atoms with E-state index in [0.717, 1.165) is 16.9 Å². The summed E-state index contributed by atoms with van der Waals surface area (Å²) >= 11 is 10.8. The minimum Gasteiger partial charge on any atom is -0.497 e. The second-order valence-corrected chi connectivity index (χ2v) is 6.22. The minimum atomic E-state index is -0.297. The lowest BCUT2D eigenvalue weighted by Gasteiger charge is -2.11. The van der Waals surface area contributed by atoms with Gasteiger partial charge in [-0.25, -0.2) is 0 Å². The zero-order chi connectivity index (χ0) is 18.9. The predicted molar refractivity (Wildman–Crippen MR) is 104 cm³/mol. The van der Waals surface area contributed by atoms with Gasteiger partial charge in [0.05, 0.1) is 20.0 Å². The second kappa shape index (κ2) is 9.74. The quantitative estimate of drug-likeness (QED) is 0.537. The van der Waals surface area contributed by atoms with Crippen molar-refractivity contribution in [2.24, 2.45) is 0 Å². The molecule has 6 nitrogen and oxygen atoms in total. The molecular formula is C18H18ClN3O3S. The van der Waals surface area contributed by atoms with Gasteiger partial charge in [0.15, 0.2) is 5.11 Å². The highest BCUT2D eigenvalue weighted by molar-refractivity contribution is 7.80. The molecule has 0 unspecified atom stereocenters. The molecule has 0 saturated heterocycles. The van der Waals surface area contributed by atoms with Crippen molar-refractivity contribution < 1.29 is 14.3 Å². The van der Waals surface area contributed by atoms with Gasteiger partial charge < -0.3 is 10.1 Å². The third-order valence-electron chi connectivity index (χ3n) is 3.37. The number of thiocarbonyl (C=S) groups is 1. The Morgan fingerprint density at radius 3 is 2.04 bits per heavy atom. The fraction of sp³-hybridized carbons (Fsp3) is 0.167. The van der Waals surface area contributed by atoms with Crippen molar-refractivity contribution in [3.63, 3.8) is 0 Å². The number of methoxy groups -OCH3 is 1. The summed E-state index contributed by atoms with van der Waals surface area (Å²) in [7, 11) is 1.58. The van der Waals surface area contributed by atoms with Crippen LogP contribution >= 0.6 is 23.8 Å². The molecule has 0 radical (unpaired) electrons. The lowest BCUT2D eigenvalue weighted by molar-refractivity contribution is -0.121. The maximum Gasteiger partial charge on any atom is 0.242 e. The summed E-state index contributed by atoms with van der Waals surface area (Å²) in [4.78, 5) is 23.8. The zero-order valence-corrected chi connectivity index (χ0v) is 15.6. The maximum absolute atomic E-state index is 11.9. The van der Waals surface area contributed by atoms with Crippen LogP contribution in [0.1, 0.15) is 11.1 Å². The molecule has 26 heavy (non-hydrogen) atoms. The highest BCUT2D eigenvalue weighted by Gasteiger charge is 2.08. The Balaban J connectivity index is 1.72. The Labute approximate surface area is 161 Å². The summed E-state index contributed by atoms with van der Waals surface area (Å²) in [6.45, 7) is 0. The van der Waals surface area contributed by atoms with E-state index in [1.165, 1.54) is 0 Å². The van der Waals surface area contributed by atoms with Gasteiger partial charge in [-0.1, -0.05) is 35.9 Å². The molecule has 2 rings (SSSR count). The standard InChI is InChI=1S/C18H18ClN3O3S/c1-25-15-8-4-13(5-9-15)11-17(24)21-22-18(26)20-16(23)10-12-2-6-14(19)7-3-12/h2-9H,10-11H2,1H3,(H,21,24)(H2,20,22,23,26). The van der Waals surface area contributed by atoms with Crippen molar-refractivity contribution in [2.75, 3.05) is 7.11 Å². The number of amides is 2. The predicted octanol–water partition coefficient (Wildman–Crippen LogP) is 2.16. The first-order valence-corrected chi connectivity index (χ1v) is 8.51. The normalized spacial score (nSPS) is 9.92. The topological polar surface area (TPSA) is 79.5 Å². The third kappa shape index (κ3) is 6.70. The van der Waals surface area contributed by atoms with Crippen LogP contribution in [0, 0.1) is 0 Å². The Morgan fingerprint density at radius 1 is 0.923 bits per heavy atom. The van der Waals surface area contributed by atoms with Crippen LogP contribution in [0.15, 0.2) is 48.5 Å². The SMILES string of the molecule is COc1ccc(CC(=O)NNC(=S)NC(=O)Cc2ccc(Cl)cc2)cc1. The molecule has 0 aromatic heterocycles. The van der Waals surface area contributed by atoms with Gasteiger partial charge in [0, 0.05) is 5.02 Å². The van der Waals surface area contributed by atoms with Crippen LogP contribution < -0.4 is 20.9 Å². The van der Waals surface area contributed by atoms with Crippen LogP contribution in [0.5, 0.6) is 5.75 Å². The average Bonchev–Trinajstić information content (AvgIpc) is 2.62. The van der Waals surface area contributed by atoms with Crippen LogP contribution in [0.2, 0.25) is 5.02 Å². The fourth-order valence-electron chi connectivity index (χ4n) is 2.09. The molecule has 0 spiro atoms. The van der Waals surface area contributed by atoms with E-state index in [1.54, 1.807) is 55.6 Å². The van der Waals surface area contributed by atoms with E-state index in [4.69, 9.17) is 28.6 Å². The van der Waals surface area contributed by atoms with Gasteiger partial charge in [0.1, 0.15) is 5.75 Å². The van der Waals surface area contributed by atoms with Crippen molar-refractivity contribution in [1.82, 2.24) is 16.2 Å². The van der Waals surface area contributed by atoms with Crippen molar-refractivity contribution in [3.05, 3.63) is 64.7 Å². The van der Waals surface area contributed by atoms with E-state index in [-0.39, 0.29) is 29.8 Å². The number of rotatable bonds is 5. The first-order chi connectivity index (χ1) is 12.5. The fourth-order valence-corrected chi connectivity index (χ4v) is 2.38. The maximum atomic E-state index is 11.9. The molecule has 0 fully saturated rings. The smallest absolute Gasteiger partial charge is 0.242 e. The average molecular weight is 392 g/mol. The van der Waals surface area contributed by atoms with Crippen LogP contribution in [0.3, 0.4) is 0 Å². The highest BCUT2D eigenvalue weighted by Crippen LogP contribution is 2.11. The molecule has 0 aliphatic heterocycles. The van der Waals surface area contributed by atoms with Gasteiger partial charge in [0.25, 0.3) is 0 Å². The molecule has 2 aromatic rings. The Morgan fingerprint density at radius 2 is 1.46 bits per heavy atom. The van der Waals surface area contributed by atoms with Crippen molar-refractivity contribution in [2.45, 2.75) is 12.8 Å². The summed E-state index contributed by atoms with van der Waals surface area (Å²) in [5.74, 6) is 0.135. The second-order valence-electron chi connectivity index (χ2n) is 5.38. The third-order valence-corrected chi connectivity index (χ3v) is 3.83. The molecule has 8 heteroatoms. The van der Waals surface area contributed by atoms with Crippen molar-refractivity contribution in [3.8, 4) is 5.75 Å². The lowest BCUT2D eigenvalue weighted by atomic mass is 10.1. The number of halogens is 1. The van der Waals surface area contributed by atoms with Gasteiger partial charge in [-0.05, 0) is 47.6 Å². The number of nitrogens with one attached hydrogen (secondary N) is 3. The van der Waals surface area contributed by atoms with Gasteiger partial charge >= 0.3 is 0 Å². The molecule has 0 aliphatic carbocycles.